The molecule has 1 aromatic heterocycles. The second-order valence-corrected chi connectivity index (χ2v) is 5.21. The van der Waals surface area contributed by atoms with Crippen molar-refractivity contribution in [3.63, 3.8) is 0 Å². The van der Waals surface area contributed by atoms with Gasteiger partial charge in [0.2, 0.25) is 0 Å². The van der Waals surface area contributed by atoms with Gasteiger partial charge in [-0.05, 0) is 58.0 Å². The smallest absolute Gasteiger partial charge is 0.0954 e. The zero-order chi connectivity index (χ0) is 11.0. The molecule has 0 bridgehead atoms. The minimum absolute atomic E-state index is 0.724. The predicted molar refractivity (Wildman–Crippen MR) is 64.6 cm³/mol. The summed E-state index contributed by atoms with van der Waals surface area (Å²) in [4.78, 5) is 4.60. The molecule has 0 aromatic carbocycles. The third kappa shape index (κ3) is 1.58. The number of nitrogens with one attached hydrogen (secondary N) is 1. The maximum Gasteiger partial charge on any atom is 0.0954 e. The van der Waals surface area contributed by atoms with E-state index in [0.717, 1.165) is 18.5 Å². The molecule has 2 aliphatic rings. The molecule has 0 aliphatic heterocycles. The monoisotopic (exact) mass is 219 g/mol. The van der Waals surface area contributed by atoms with E-state index < -0.39 is 0 Å². The van der Waals surface area contributed by atoms with Crippen LogP contribution < -0.4 is 5.32 Å². The molecule has 1 fully saturated rings. The van der Waals surface area contributed by atoms with E-state index in [1.54, 1.807) is 0 Å². The molecule has 2 atom stereocenters. The highest BCUT2D eigenvalue weighted by atomic mass is 15.1. The Morgan fingerprint density at radius 3 is 3.00 bits per heavy atom. The van der Waals surface area contributed by atoms with Gasteiger partial charge in [0, 0.05) is 11.7 Å². The third-order valence-corrected chi connectivity index (χ3v) is 4.26. The van der Waals surface area contributed by atoms with E-state index in [2.05, 4.69) is 28.2 Å². The van der Waals surface area contributed by atoms with Crippen molar-refractivity contribution in [1.29, 1.82) is 0 Å². The van der Waals surface area contributed by atoms with Gasteiger partial charge in [-0.1, -0.05) is 0 Å². The van der Waals surface area contributed by atoms with Crippen LogP contribution in [0.5, 0.6) is 0 Å². The van der Waals surface area contributed by atoms with Crippen LogP contribution in [-0.4, -0.2) is 23.1 Å². The van der Waals surface area contributed by atoms with Gasteiger partial charge in [-0.25, -0.2) is 4.98 Å². The van der Waals surface area contributed by atoms with Gasteiger partial charge in [0.1, 0.15) is 0 Å². The van der Waals surface area contributed by atoms with E-state index in [-0.39, 0.29) is 0 Å². The fourth-order valence-corrected chi connectivity index (χ4v) is 3.20. The third-order valence-electron chi connectivity index (χ3n) is 4.26. The predicted octanol–water partition coefficient (Wildman–Crippen LogP) is 1.93. The Hall–Kier alpha value is -0.830. The summed E-state index contributed by atoms with van der Waals surface area (Å²) < 4.78 is 2.49. The zero-order valence-corrected chi connectivity index (χ0v) is 10.1. The van der Waals surface area contributed by atoms with Crippen LogP contribution >= 0.6 is 0 Å². The SMILES string of the molecule is CNCC1CCC1n1cnc2c1CCCC2. The number of rotatable bonds is 3. The summed E-state index contributed by atoms with van der Waals surface area (Å²) in [7, 11) is 2.05. The van der Waals surface area contributed by atoms with Crippen LogP contribution in [0, 0.1) is 5.92 Å². The van der Waals surface area contributed by atoms with Crippen LogP contribution in [-0.2, 0) is 12.8 Å². The summed E-state index contributed by atoms with van der Waals surface area (Å²) in [6, 6.07) is 0.724. The number of hydrogen-bond donors (Lipinski definition) is 1. The quantitative estimate of drug-likeness (QED) is 0.842. The fourth-order valence-electron chi connectivity index (χ4n) is 3.20. The van der Waals surface area contributed by atoms with Gasteiger partial charge in [0.05, 0.1) is 12.0 Å². The Balaban J connectivity index is 1.81. The van der Waals surface area contributed by atoms with Gasteiger partial charge in [-0.15, -0.1) is 0 Å². The van der Waals surface area contributed by atoms with Gasteiger partial charge in [0.25, 0.3) is 0 Å². The Labute approximate surface area is 97.3 Å². The summed E-state index contributed by atoms with van der Waals surface area (Å²) in [5.41, 5.74) is 2.92. The molecule has 88 valence electrons. The first-order chi connectivity index (χ1) is 7.90. The molecule has 3 rings (SSSR count). The van der Waals surface area contributed by atoms with Crippen LogP contribution in [0.25, 0.3) is 0 Å². The molecule has 1 heterocycles. The Morgan fingerprint density at radius 2 is 2.25 bits per heavy atom. The van der Waals surface area contributed by atoms with E-state index >= 15 is 0 Å². The topological polar surface area (TPSA) is 29.9 Å². The van der Waals surface area contributed by atoms with Crippen molar-refractivity contribution in [2.24, 2.45) is 5.92 Å². The van der Waals surface area contributed by atoms with E-state index in [9.17, 15) is 0 Å². The van der Waals surface area contributed by atoms with Crippen molar-refractivity contribution >= 4 is 0 Å². The first kappa shape index (κ1) is 10.3. The highest BCUT2D eigenvalue weighted by Gasteiger charge is 2.33. The molecular weight excluding hydrogens is 198 g/mol. The molecule has 1 N–H and O–H groups in total. The lowest BCUT2D eigenvalue weighted by Gasteiger charge is -2.38. The fraction of sp³-hybridized carbons (Fsp3) is 0.769. The molecule has 2 unspecified atom stereocenters. The largest absolute Gasteiger partial charge is 0.331 e. The lowest BCUT2D eigenvalue weighted by Crippen LogP contribution is -2.36. The number of nitrogens with zero attached hydrogens (tertiary/aromatic N) is 2. The molecule has 3 nitrogen and oxygen atoms in total. The van der Waals surface area contributed by atoms with E-state index in [4.69, 9.17) is 0 Å². The minimum Gasteiger partial charge on any atom is -0.331 e. The summed E-state index contributed by atoms with van der Waals surface area (Å²) in [5, 5.41) is 3.31. The molecule has 0 amide bonds. The van der Waals surface area contributed by atoms with Crippen molar-refractivity contribution < 1.29 is 0 Å². The molecule has 0 radical (unpaired) electrons. The van der Waals surface area contributed by atoms with Gasteiger partial charge in [-0.2, -0.15) is 0 Å². The molecular formula is C13H21N3. The van der Waals surface area contributed by atoms with Crippen LogP contribution in [0.4, 0.5) is 0 Å². The normalized spacial score (nSPS) is 28.6. The van der Waals surface area contributed by atoms with Crippen LogP contribution in [0.3, 0.4) is 0 Å². The average Bonchev–Trinajstić information content (AvgIpc) is 2.69. The second-order valence-electron chi connectivity index (χ2n) is 5.21. The highest BCUT2D eigenvalue weighted by molar-refractivity contribution is 5.18. The maximum atomic E-state index is 4.60. The lowest BCUT2D eigenvalue weighted by atomic mass is 9.79. The van der Waals surface area contributed by atoms with Crippen LogP contribution in [0.15, 0.2) is 6.33 Å². The van der Waals surface area contributed by atoms with Crippen molar-refractivity contribution in [2.45, 2.75) is 44.6 Å². The standard InChI is InChI=1S/C13H21N3/c1-14-8-10-6-7-12(10)16-9-15-11-4-2-3-5-13(11)16/h9-10,12,14H,2-8H2,1H3. The van der Waals surface area contributed by atoms with Crippen LogP contribution in [0.2, 0.25) is 0 Å². The van der Waals surface area contributed by atoms with Crippen molar-refractivity contribution in [2.75, 3.05) is 13.6 Å². The molecule has 0 saturated heterocycles. The number of fused-ring (bicyclic) bond motifs is 1. The van der Waals surface area contributed by atoms with Gasteiger partial charge in [0.15, 0.2) is 0 Å². The van der Waals surface area contributed by atoms with E-state index in [1.165, 1.54) is 49.9 Å². The maximum absolute atomic E-state index is 4.60. The summed E-state index contributed by atoms with van der Waals surface area (Å²) in [6.45, 7) is 1.15. The van der Waals surface area contributed by atoms with Crippen molar-refractivity contribution in [3.05, 3.63) is 17.7 Å². The second kappa shape index (κ2) is 4.21. The summed E-state index contributed by atoms with van der Waals surface area (Å²) in [5.74, 6) is 0.824. The van der Waals surface area contributed by atoms with E-state index in [0.29, 0.717) is 0 Å². The van der Waals surface area contributed by atoms with Crippen molar-refractivity contribution in [3.8, 4) is 0 Å². The Kier molecular flexibility index (Phi) is 2.72. The first-order valence-corrected chi connectivity index (χ1v) is 6.59. The molecule has 1 saturated carbocycles. The zero-order valence-electron chi connectivity index (χ0n) is 10.1. The van der Waals surface area contributed by atoms with Gasteiger partial charge in [-0.3, -0.25) is 0 Å². The molecule has 1 aromatic rings. The minimum atomic E-state index is 0.724. The lowest BCUT2D eigenvalue weighted by molar-refractivity contribution is 0.176. The van der Waals surface area contributed by atoms with E-state index in [1.807, 2.05) is 0 Å². The summed E-state index contributed by atoms with van der Waals surface area (Å²) >= 11 is 0. The summed E-state index contributed by atoms with van der Waals surface area (Å²) in [6.07, 6.45) is 9.94. The molecule has 16 heavy (non-hydrogen) atoms. The number of imidazole rings is 1. The van der Waals surface area contributed by atoms with Gasteiger partial charge >= 0.3 is 0 Å². The van der Waals surface area contributed by atoms with Gasteiger partial charge < -0.3 is 9.88 Å². The Bertz CT molecular complexity index is 369. The molecule has 0 spiro atoms. The first-order valence-electron chi connectivity index (χ1n) is 6.59. The van der Waals surface area contributed by atoms with Crippen molar-refractivity contribution in [1.82, 2.24) is 14.9 Å². The molecule has 2 aliphatic carbocycles. The van der Waals surface area contributed by atoms with Crippen LogP contribution in [0.1, 0.15) is 43.1 Å². The average molecular weight is 219 g/mol. The Morgan fingerprint density at radius 1 is 1.38 bits per heavy atom. The number of aryl methyl sites for hydroxylation is 1. The number of aromatic nitrogens is 2. The number of hydrogen-bond acceptors (Lipinski definition) is 2. The molecule has 3 heteroatoms. The highest BCUT2D eigenvalue weighted by Crippen LogP contribution is 2.40.